The van der Waals surface area contributed by atoms with Crippen LogP contribution in [0.1, 0.15) is 32.0 Å². The van der Waals surface area contributed by atoms with E-state index < -0.39 is 0 Å². The fourth-order valence-electron chi connectivity index (χ4n) is 2.24. The average molecular weight is 238 g/mol. The van der Waals surface area contributed by atoms with Crippen LogP contribution in [0.5, 0.6) is 0 Å². The van der Waals surface area contributed by atoms with Crippen LogP contribution in [0.2, 0.25) is 0 Å². The highest BCUT2D eigenvalue weighted by Gasteiger charge is 2.16. The largest absolute Gasteiger partial charge is 0.330 e. The highest BCUT2D eigenvalue weighted by atomic mass is 15.1. The Morgan fingerprint density at radius 1 is 1.41 bits per heavy atom. The lowest BCUT2D eigenvalue weighted by Crippen LogP contribution is -2.26. The summed E-state index contributed by atoms with van der Waals surface area (Å²) in [6.07, 6.45) is 5.96. The van der Waals surface area contributed by atoms with Crippen molar-refractivity contribution in [3.8, 4) is 0 Å². The smallest absolute Gasteiger partial charge is 0.0951 e. The third kappa shape index (κ3) is 4.48. The summed E-state index contributed by atoms with van der Waals surface area (Å²) in [5, 5.41) is 0. The molecule has 0 aliphatic carbocycles. The predicted octanol–water partition coefficient (Wildman–Crippen LogP) is 1.53. The molecule has 1 unspecified atom stereocenters. The predicted molar refractivity (Wildman–Crippen MR) is 72.0 cm³/mol. The molecule has 1 heterocycles. The maximum absolute atomic E-state index is 5.64. The summed E-state index contributed by atoms with van der Waals surface area (Å²) in [5.41, 5.74) is 6.89. The number of nitrogens with two attached hydrogens (primary N) is 1. The molecule has 0 aliphatic rings. The van der Waals surface area contributed by atoms with Gasteiger partial charge < -0.3 is 15.2 Å². The van der Waals surface area contributed by atoms with Crippen LogP contribution < -0.4 is 5.73 Å². The number of rotatable bonds is 7. The quantitative estimate of drug-likeness (QED) is 0.783. The second kappa shape index (κ2) is 6.77. The molecule has 0 spiro atoms. The van der Waals surface area contributed by atoms with E-state index in [9.17, 15) is 0 Å². The van der Waals surface area contributed by atoms with Crippen LogP contribution in [0, 0.1) is 5.92 Å². The highest BCUT2D eigenvalue weighted by Crippen LogP contribution is 2.20. The van der Waals surface area contributed by atoms with Gasteiger partial charge in [-0.1, -0.05) is 13.8 Å². The van der Waals surface area contributed by atoms with Crippen LogP contribution >= 0.6 is 0 Å². The first-order valence-corrected chi connectivity index (χ1v) is 6.40. The van der Waals surface area contributed by atoms with Crippen LogP contribution in [0.4, 0.5) is 0 Å². The monoisotopic (exact) mass is 238 g/mol. The Balaban J connectivity index is 2.82. The molecule has 0 radical (unpaired) electrons. The molecular weight excluding hydrogens is 212 g/mol. The van der Waals surface area contributed by atoms with Gasteiger partial charge >= 0.3 is 0 Å². The van der Waals surface area contributed by atoms with Gasteiger partial charge in [-0.05, 0) is 33.0 Å². The third-order valence-electron chi connectivity index (χ3n) is 2.86. The molecule has 98 valence electrons. The molecule has 0 saturated carbocycles. The molecule has 2 N–H and O–H groups in total. The van der Waals surface area contributed by atoms with Crippen molar-refractivity contribution in [1.29, 1.82) is 0 Å². The zero-order valence-electron chi connectivity index (χ0n) is 11.6. The topological polar surface area (TPSA) is 47.1 Å². The van der Waals surface area contributed by atoms with Crippen LogP contribution in [-0.2, 0) is 6.42 Å². The summed E-state index contributed by atoms with van der Waals surface area (Å²) in [5.74, 6) is 0.688. The molecule has 0 amide bonds. The van der Waals surface area contributed by atoms with E-state index in [4.69, 9.17) is 5.73 Å². The summed E-state index contributed by atoms with van der Waals surface area (Å²) in [7, 11) is 4.24. The van der Waals surface area contributed by atoms with Crippen molar-refractivity contribution in [3.05, 3.63) is 18.2 Å². The molecule has 0 aliphatic heterocycles. The van der Waals surface area contributed by atoms with Gasteiger partial charge in [0, 0.05) is 30.9 Å². The molecule has 4 nitrogen and oxygen atoms in total. The first-order valence-electron chi connectivity index (χ1n) is 6.40. The minimum absolute atomic E-state index is 0.494. The molecule has 1 aromatic rings. The van der Waals surface area contributed by atoms with Gasteiger partial charge in [0.15, 0.2) is 0 Å². The average Bonchev–Trinajstić information content (AvgIpc) is 2.64. The Kier molecular flexibility index (Phi) is 5.65. The molecule has 0 bridgehead atoms. The Bertz CT molecular complexity index is 307. The first kappa shape index (κ1) is 14.2. The van der Waals surface area contributed by atoms with Crippen molar-refractivity contribution in [3.63, 3.8) is 0 Å². The summed E-state index contributed by atoms with van der Waals surface area (Å²) in [6, 6.07) is 0.494. The summed E-state index contributed by atoms with van der Waals surface area (Å²) in [4.78, 5) is 6.50. The standard InChI is InChI=1S/C13H26N4/c1-11(2)7-13(9-16(3)4)17-10-15-8-12(17)5-6-14/h8,10-11,13H,5-7,9,14H2,1-4H3. The lowest BCUT2D eigenvalue weighted by atomic mass is 10.0. The van der Waals surface area contributed by atoms with Crippen molar-refractivity contribution in [1.82, 2.24) is 14.5 Å². The van der Waals surface area contributed by atoms with E-state index in [1.807, 2.05) is 12.5 Å². The molecule has 4 heteroatoms. The van der Waals surface area contributed by atoms with Gasteiger partial charge in [0.2, 0.25) is 0 Å². The number of likely N-dealkylation sites (N-methyl/N-ethyl adjacent to an activating group) is 1. The van der Waals surface area contributed by atoms with Gasteiger partial charge in [0.1, 0.15) is 0 Å². The number of nitrogens with zero attached hydrogens (tertiary/aromatic N) is 3. The second-order valence-corrected chi connectivity index (χ2v) is 5.38. The van der Waals surface area contributed by atoms with Crippen molar-refractivity contribution < 1.29 is 0 Å². The van der Waals surface area contributed by atoms with Crippen molar-refractivity contribution in [2.24, 2.45) is 11.7 Å². The molecule has 17 heavy (non-hydrogen) atoms. The summed E-state index contributed by atoms with van der Waals surface area (Å²) in [6.45, 7) is 6.26. The second-order valence-electron chi connectivity index (χ2n) is 5.38. The lowest BCUT2D eigenvalue weighted by Gasteiger charge is -2.25. The van der Waals surface area contributed by atoms with Crippen LogP contribution in [0.15, 0.2) is 12.5 Å². The molecular formula is C13H26N4. The minimum atomic E-state index is 0.494. The normalized spacial score (nSPS) is 13.6. The summed E-state index contributed by atoms with van der Waals surface area (Å²) >= 11 is 0. The fourth-order valence-corrected chi connectivity index (χ4v) is 2.24. The molecule has 0 saturated heterocycles. The van der Waals surface area contributed by atoms with E-state index >= 15 is 0 Å². The van der Waals surface area contributed by atoms with E-state index in [1.165, 1.54) is 12.1 Å². The van der Waals surface area contributed by atoms with Crippen molar-refractivity contribution in [2.45, 2.75) is 32.7 Å². The van der Waals surface area contributed by atoms with Crippen LogP contribution in [0.3, 0.4) is 0 Å². The molecule has 0 fully saturated rings. The zero-order valence-corrected chi connectivity index (χ0v) is 11.6. The highest BCUT2D eigenvalue weighted by molar-refractivity contribution is 5.01. The van der Waals surface area contributed by atoms with Gasteiger partial charge in [0.05, 0.1) is 6.33 Å². The Hall–Kier alpha value is -0.870. The lowest BCUT2D eigenvalue weighted by molar-refractivity contribution is 0.284. The summed E-state index contributed by atoms with van der Waals surface area (Å²) < 4.78 is 2.30. The maximum atomic E-state index is 5.64. The molecule has 1 aromatic heterocycles. The van der Waals surface area contributed by atoms with E-state index in [0.29, 0.717) is 18.5 Å². The van der Waals surface area contributed by atoms with E-state index in [2.05, 4.69) is 42.4 Å². The molecule has 1 atom stereocenters. The Morgan fingerprint density at radius 2 is 2.12 bits per heavy atom. The number of aromatic nitrogens is 2. The van der Waals surface area contributed by atoms with Gasteiger partial charge in [-0.3, -0.25) is 0 Å². The number of imidazole rings is 1. The number of hydrogen-bond acceptors (Lipinski definition) is 3. The molecule has 1 rings (SSSR count). The Labute approximate surface area is 105 Å². The van der Waals surface area contributed by atoms with Gasteiger partial charge in [-0.15, -0.1) is 0 Å². The van der Waals surface area contributed by atoms with Crippen LogP contribution in [0.25, 0.3) is 0 Å². The fraction of sp³-hybridized carbons (Fsp3) is 0.769. The Morgan fingerprint density at radius 3 is 2.65 bits per heavy atom. The van der Waals surface area contributed by atoms with E-state index in [0.717, 1.165) is 13.0 Å². The van der Waals surface area contributed by atoms with E-state index in [-0.39, 0.29) is 0 Å². The maximum Gasteiger partial charge on any atom is 0.0951 e. The van der Waals surface area contributed by atoms with Gasteiger partial charge in [0.25, 0.3) is 0 Å². The van der Waals surface area contributed by atoms with Crippen molar-refractivity contribution >= 4 is 0 Å². The number of hydrogen-bond donors (Lipinski definition) is 1. The first-order chi connectivity index (χ1) is 8.04. The SMILES string of the molecule is CC(C)CC(CN(C)C)n1cncc1CCN. The van der Waals surface area contributed by atoms with E-state index in [1.54, 1.807) is 0 Å². The molecule has 0 aromatic carbocycles. The van der Waals surface area contributed by atoms with Crippen molar-refractivity contribution in [2.75, 3.05) is 27.2 Å². The third-order valence-corrected chi connectivity index (χ3v) is 2.86. The van der Waals surface area contributed by atoms with Gasteiger partial charge in [-0.25, -0.2) is 4.98 Å². The van der Waals surface area contributed by atoms with Crippen LogP contribution in [-0.4, -0.2) is 41.6 Å². The minimum Gasteiger partial charge on any atom is -0.330 e. The zero-order chi connectivity index (χ0) is 12.8. The van der Waals surface area contributed by atoms with Gasteiger partial charge in [-0.2, -0.15) is 0 Å².